The topological polar surface area (TPSA) is 180 Å². The van der Waals surface area contributed by atoms with E-state index in [0.717, 1.165) is 0 Å². The molecule has 36 heavy (non-hydrogen) atoms. The van der Waals surface area contributed by atoms with Crippen molar-refractivity contribution in [3.63, 3.8) is 0 Å². The quantitative estimate of drug-likeness (QED) is 0.389. The molecule has 0 spiro atoms. The van der Waals surface area contributed by atoms with Gasteiger partial charge in [0, 0.05) is 18.0 Å². The first kappa shape index (κ1) is 24.7. The van der Waals surface area contributed by atoms with E-state index in [1.54, 1.807) is 44.2 Å². The maximum absolute atomic E-state index is 13.0. The number of hydrogen-bond acceptors (Lipinski definition) is 9. The van der Waals surface area contributed by atoms with Crippen LogP contribution >= 0.6 is 0 Å². The van der Waals surface area contributed by atoms with Crippen LogP contribution in [-0.4, -0.2) is 59.9 Å². The van der Waals surface area contributed by atoms with Crippen LogP contribution in [0.4, 0.5) is 5.69 Å². The lowest BCUT2D eigenvalue weighted by Crippen LogP contribution is -2.48. The van der Waals surface area contributed by atoms with Gasteiger partial charge in [0.1, 0.15) is 24.5 Å². The van der Waals surface area contributed by atoms with Crippen molar-refractivity contribution in [1.82, 2.24) is 19.9 Å². The Hall–Kier alpha value is -4.46. The average molecular weight is 514 g/mol. The van der Waals surface area contributed by atoms with E-state index in [9.17, 15) is 18.0 Å². The molecule has 4 rings (SSSR count). The first-order valence-corrected chi connectivity index (χ1v) is 12.0. The van der Waals surface area contributed by atoms with Gasteiger partial charge in [-0.15, -0.1) is 4.40 Å². The first-order chi connectivity index (χ1) is 17.0. The van der Waals surface area contributed by atoms with Gasteiger partial charge in [0.05, 0.1) is 23.9 Å². The van der Waals surface area contributed by atoms with E-state index >= 15 is 0 Å². The summed E-state index contributed by atoms with van der Waals surface area (Å²) in [6.07, 6.45) is 4.30. The number of rotatable bonds is 7. The van der Waals surface area contributed by atoms with E-state index in [1.165, 1.54) is 30.4 Å². The summed E-state index contributed by atoms with van der Waals surface area (Å²) in [5.74, 6) is -0.474. The van der Waals surface area contributed by atoms with Crippen LogP contribution in [0.5, 0.6) is 5.75 Å². The van der Waals surface area contributed by atoms with Gasteiger partial charge in [0.25, 0.3) is 5.91 Å². The Morgan fingerprint density at radius 1 is 1.22 bits per heavy atom. The Morgan fingerprint density at radius 2 is 2.00 bits per heavy atom. The molecule has 1 aliphatic heterocycles. The summed E-state index contributed by atoms with van der Waals surface area (Å²) in [7, 11) is -2.66. The number of nitrogens with one attached hydrogen (secondary N) is 2. The monoisotopic (exact) mass is 513 g/mol. The summed E-state index contributed by atoms with van der Waals surface area (Å²) < 4.78 is 41.4. The minimum atomic E-state index is -3.91. The van der Waals surface area contributed by atoms with Crippen LogP contribution in [0.15, 0.2) is 53.5 Å². The maximum atomic E-state index is 13.0. The molecule has 0 bridgehead atoms. The highest BCUT2D eigenvalue weighted by atomic mass is 32.2. The number of pyridine rings is 1. The fourth-order valence-corrected chi connectivity index (χ4v) is 4.21. The highest BCUT2D eigenvalue weighted by molar-refractivity contribution is 7.91. The molecular weight excluding hydrogens is 490 g/mol. The van der Waals surface area contributed by atoms with Crippen molar-refractivity contribution >= 4 is 33.6 Å². The minimum Gasteiger partial charge on any atom is -0.490 e. The van der Waals surface area contributed by atoms with Crippen LogP contribution < -0.4 is 20.5 Å². The van der Waals surface area contributed by atoms with Gasteiger partial charge >= 0.3 is 16.2 Å². The third-order valence-corrected chi connectivity index (χ3v) is 5.94. The lowest BCUT2D eigenvalue weighted by atomic mass is 10.1. The summed E-state index contributed by atoms with van der Waals surface area (Å²) in [6.45, 7) is 3.57. The van der Waals surface area contributed by atoms with E-state index in [0.29, 0.717) is 22.7 Å². The zero-order valence-corrected chi connectivity index (χ0v) is 20.4. The molecule has 1 aliphatic rings. The molecular formula is C22H23N7O6S. The molecule has 0 fully saturated rings. The molecule has 0 unspecified atom stereocenters. The third-order valence-electron chi connectivity index (χ3n) is 5.03. The molecule has 188 valence electrons. The largest absolute Gasteiger partial charge is 0.490 e. The smallest absolute Gasteiger partial charge is 0.358 e. The Morgan fingerprint density at radius 3 is 2.75 bits per heavy atom. The number of aromatic nitrogens is 3. The normalized spacial score (nSPS) is 14.1. The number of amidine groups is 1. The minimum absolute atomic E-state index is 0.0389. The second-order valence-electron chi connectivity index (χ2n) is 8.42. The number of nitrogens with two attached hydrogens (primary N) is 1. The van der Waals surface area contributed by atoms with Crippen LogP contribution in [0.2, 0.25) is 0 Å². The van der Waals surface area contributed by atoms with Crippen LogP contribution in [0.3, 0.4) is 0 Å². The van der Waals surface area contributed by atoms with Crippen molar-refractivity contribution < 1.29 is 27.5 Å². The van der Waals surface area contributed by atoms with E-state index < -0.39 is 21.7 Å². The van der Waals surface area contributed by atoms with Crippen molar-refractivity contribution in [3.8, 4) is 11.6 Å². The van der Waals surface area contributed by atoms with Gasteiger partial charge < -0.3 is 20.5 Å². The summed E-state index contributed by atoms with van der Waals surface area (Å²) >= 11 is 0. The summed E-state index contributed by atoms with van der Waals surface area (Å²) in [5, 5.41) is 2.89. The standard InChI is InChI=1S/C22H23N7O6S/c1-22(2,11-35-16-6-4-5-14-18(16)19(23)28-36(32,33)27-14)26-20(30)13-7-8-24-17(9-13)29-10-15(25-12-29)21(31)34-3/h4-10,12,27H,11H2,1-3H3,(H2,23,28)(H,26,30). The number of hydrogen-bond donors (Lipinski definition) is 3. The van der Waals surface area contributed by atoms with Crippen molar-refractivity contribution in [2.45, 2.75) is 19.4 Å². The fraction of sp³-hybridized carbons (Fsp3) is 0.227. The molecule has 4 N–H and O–H groups in total. The molecule has 1 aromatic carbocycles. The predicted octanol–water partition coefficient (Wildman–Crippen LogP) is 1.02. The number of esters is 1. The van der Waals surface area contributed by atoms with Crippen LogP contribution in [-0.2, 0) is 14.9 Å². The number of anilines is 1. The SMILES string of the molecule is COC(=O)c1cn(-c2cc(C(=O)NC(C)(C)COc3cccc4c3C(N)=NS(=O)(=O)N4)ccn2)cn1. The number of imidazole rings is 1. The zero-order valence-electron chi connectivity index (χ0n) is 19.5. The Bertz CT molecular complexity index is 1480. The van der Waals surface area contributed by atoms with Crippen molar-refractivity contribution in [2.24, 2.45) is 10.1 Å². The third kappa shape index (κ3) is 5.27. The van der Waals surface area contributed by atoms with Gasteiger partial charge in [-0.05, 0) is 38.1 Å². The fourth-order valence-electron chi connectivity index (χ4n) is 3.37. The van der Waals surface area contributed by atoms with Crippen molar-refractivity contribution in [2.75, 3.05) is 18.4 Å². The molecule has 3 heterocycles. The van der Waals surface area contributed by atoms with Gasteiger partial charge in [0.2, 0.25) is 0 Å². The van der Waals surface area contributed by atoms with E-state index in [-0.39, 0.29) is 29.7 Å². The van der Waals surface area contributed by atoms with Gasteiger partial charge in [-0.3, -0.25) is 14.1 Å². The van der Waals surface area contributed by atoms with E-state index in [2.05, 4.69) is 29.1 Å². The maximum Gasteiger partial charge on any atom is 0.358 e. The Balaban J connectivity index is 1.46. The van der Waals surface area contributed by atoms with Gasteiger partial charge in [-0.25, -0.2) is 14.8 Å². The lowest BCUT2D eigenvalue weighted by Gasteiger charge is -2.27. The molecule has 0 saturated carbocycles. The highest BCUT2D eigenvalue weighted by Crippen LogP contribution is 2.30. The number of methoxy groups -OCH3 is 1. The van der Waals surface area contributed by atoms with Crippen molar-refractivity contribution in [1.29, 1.82) is 0 Å². The number of nitrogens with zero attached hydrogens (tertiary/aromatic N) is 4. The van der Waals surface area contributed by atoms with Gasteiger partial charge in [-0.1, -0.05) is 6.07 Å². The van der Waals surface area contributed by atoms with Gasteiger partial charge in [-0.2, -0.15) is 8.42 Å². The number of ether oxygens (including phenoxy) is 2. The second-order valence-corrected chi connectivity index (χ2v) is 9.76. The molecule has 1 amide bonds. The first-order valence-electron chi connectivity index (χ1n) is 10.5. The number of amides is 1. The van der Waals surface area contributed by atoms with Crippen LogP contribution in [0, 0.1) is 0 Å². The molecule has 13 nitrogen and oxygen atoms in total. The lowest BCUT2D eigenvalue weighted by molar-refractivity contribution is 0.0594. The molecule has 14 heteroatoms. The predicted molar refractivity (Wildman–Crippen MR) is 129 cm³/mol. The number of carbonyl (C=O) groups excluding carboxylic acids is 2. The highest BCUT2D eigenvalue weighted by Gasteiger charge is 2.27. The number of carbonyl (C=O) groups is 2. The Labute approximate surface area is 206 Å². The van der Waals surface area contributed by atoms with E-state index in [1.807, 2.05) is 0 Å². The van der Waals surface area contributed by atoms with Gasteiger partial charge in [0.15, 0.2) is 11.5 Å². The average Bonchev–Trinajstić information content (AvgIpc) is 3.31. The summed E-state index contributed by atoms with van der Waals surface area (Å²) in [4.78, 5) is 32.8. The second kappa shape index (κ2) is 9.30. The summed E-state index contributed by atoms with van der Waals surface area (Å²) in [5.41, 5.74) is 6.01. The molecule has 0 aliphatic carbocycles. The number of fused-ring (bicyclic) bond motifs is 1. The molecule has 0 atom stereocenters. The zero-order chi connectivity index (χ0) is 26.1. The van der Waals surface area contributed by atoms with Crippen molar-refractivity contribution in [3.05, 3.63) is 65.9 Å². The molecule has 0 saturated heterocycles. The molecule has 2 aromatic heterocycles. The molecule has 0 radical (unpaired) electrons. The number of benzene rings is 1. The van der Waals surface area contributed by atoms with Crippen LogP contribution in [0.25, 0.3) is 5.82 Å². The summed E-state index contributed by atoms with van der Waals surface area (Å²) in [6, 6.07) is 7.88. The molecule has 3 aromatic rings. The van der Waals surface area contributed by atoms with Crippen LogP contribution in [0.1, 0.15) is 40.3 Å². The Kier molecular flexibility index (Phi) is 6.37. The van der Waals surface area contributed by atoms with E-state index in [4.69, 9.17) is 10.5 Å².